The summed E-state index contributed by atoms with van der Waals surface area (Å²) < 4.78 is 32.0. The molecule has 2 aliphatic carbocycles. The first-order valence-corrected chi connectivity index (χ1v) is 7.15. The van der Waals surface area contributed by atoms with E-state index in [2.05, 4.69) is 10.1 Å². The predicted molar refractivity (Wildman–Crippen MR) is 70.5 cm³/mol. The zero-order valence-electron chi connectivity index (χ0n) is 11.4. The molecule has 0 saturated heterocycles. The minimum Gasteiger partial charge on any atom is -0.339 e. The Kier molecular flexibility index (Phi) is 2.66. The Balaban J connectivity index is 1.54. The highest BCUT2D eigenvalue weighted by atomic mass is 19.1. The number of rotatable bonds is 3. The first-order valence-electron chi connectivity index (χ1n) is 7.15. The number of hydrogen-bond donors (Lipinski definition) is 1. The van der Waals surface area contributed by atoms with Gasteiger partial charge in [-0.3, -0.25) is 0 Å². The molecule has 1 aromatic heterocycles. The van der Waals surface area contributed by atoms with Gasteiger partial charge in [0.25, 0.3) is 0 Å². The second-order valence-corrected chi connectivity index (χ2v) is 6.08. The van der Waals surface area contributed by atoms with Gasteiger partial charge in [0.15, 0.2) is 5.82 Å². The second kappa shape index (κ2) is 4.34. The molecule has 2 aromatic rings. The molecule has 2 atom stereocenters. The molecule has 0 amide bonds. The lowest BCUT2D eigenvalue weighted by Gasteiger charge is -2.34. The van der Waals surface area contributed by atoms with Crippen LogP contribution >= 0.6 is 0 Å². The molecular formula is C15H15F2N3O. The first kappa shape index (κ1) is 12.9. The zero-order chi connectivity index (χ0) is 14.6. The Morgan fingerprint density at radius 1 is 1.24 bits per heavy atom. The predicted octanol–water partition coefficient (Wildman–Crippen LogP) is 2.96. The lowest BCUT2D eigenvalue weighted by Crippen LogP contribution is -2.44. The van der Waals surface area contributed by atoms with E-state index in [1.54, 1.807) is 0 Å². The number of halogens is 2. The van der Waals surface area contributed by atoms with E-state index in [1.165, 1.54) is 12.1 Å². The average molecular weight is 291 g/mol. The standard InChI is InChI=1S/C15H15F2N3O/c16-8-2-3-9(12(17)6-8)10-7-11(10)13-19-14(20-21-13)15(18)4-1-5-15/h2-3,6,10-11H,1,4-5,7,18H2. The number of hydrogen-bond acceptors (Lipinski definition) is 4. The Morgan fingerprint density at radius 3 is 2.71 bits per heavy atom. The molecule has 2 fully saturated rings. The Morgan fingerprint density at radius 2 is 2.05 bits per heavy atom. The van der Waals surface area contributed by atoms with Crippen molar-refractivity contribution in [3.8, 4) is 0 Å². The first-order chi connectivity index (χ1) is 10.1. The van der Waals surface area contributed by atoms with E-state index in [0.717, 1.165) is 31.7 Å². The van der Waals surface area contributed by atoms with Gasteiger partial charge in [0, 0.05) is 12.0 Å². The third-order valence-corrected chi connectivity index (χ3v) is 4.60. The van der Waals surface area contributed by atoms with Crippen molar-refractivity contribution >= 4 is 0 Å². The van der Waals surface area contributed by atoms with Crippen LogP contribution in [0.1, 0.15) is 54.8 Å². The third-order valence-electron chi connectivity index (χ3n) is 4.60. The number of benzene rings is 1. The molecule has 110 valence electrons. The summed E-state index contributed by atoms with van der Waals surface area (Å²) in [5, 5.41) is 3.97. The van der Waals surface area contributed by atoms with Crippen LogP contribution in [0.4, 0.5) is 8.78 Å². The normalized spacial score (nSPS) is 26.4. The summed E-state index contributed by atoms with van der Waals surface area (Å²) in [6.45, 7) is 0. The van der Waals surface area contributed by atoms with Crippen molar-refractivity contribution in [2.24, 2.45) is 5.73 Å². The van der Waals surface area contributed by atoms with E-state index in [-0.39, 0.29) is 11.8 Å². The van der Waals surface area contributed by atoms with Crippen LogP contribution in [0.15, 0.2) is 22.7 Å². The van der Waals surface area contributed by atoms with Gasteiger partial charge in [0.05, 0.1) is 5.54 Å². The molecule has 1 heterocycles. The average Bonchev–Trinajstić information content (AvgIpc) is 3.04. The number of nitrogens with two attached hydrogens (primary N) is 1. The topological polar surface area (TPSA) is 64.9 Å². The fourth-order valence-electron chi connectivity index (χ4n) is 2.98. The van der Waals surface area contributed by atoms with E-state index in [1.807, 2.05) is 0 Å². The summed E-state index contributed by atoms with van der Waals surface area (Å²) >= 11 is 0. The maximum atomic E-state index is 13.8. The van der Waals surface area contributed by atoms with Gasteiger partial charge < -0.3 is 10.3 Å². The van der Waals surface area contributed by atoms with Gasteiger partial charge in [0.2, 0.25) is 5.89 Å². The SMILES string of the molecule is NC1(c2noc(C3CC3c3ccc(F)cc3F)n2)CCC1. The second-order valence-electron chi connectivity index (χ2n) is 6.08. The lowest BCUT2D eigenvalue weighted by molar-refractivity contribution is 0.229. The van der Waals surface area contributed by atoms with E-state index in [4.69, 9.17) is 10.3 Å². The van der Waals surface area contributed by atoms with Crippen molar-refractivity contribution in [2.75, 3.05) is 0 Å². The molecule has 2 saturated carbocycles. The van der Waals surface area contributed by atoms with E-state index < -0.39 is 17.2 Å². The van der Waals surface area contributed by atoms with Crippen LogP contribution in [-0.4, -0.2) is 10.1 Å². The molecule has 0 radical (unpaired) electrons. The summed E-state index contributed by atoms with van der Waals surface area (Å²) in [6, 6.07) is 3.67. The molecule has 1 aromatic carbocycles. The van der Waals surface area contributed by atoms with Gasteiger partial charge in [0.1, 0.15) is 11.6 Å². The molecule has 4 nitrogen and oxygen atoms in total. The van der Waals surface area contributed by atoms with Crippen LogP contribution in [-0.2, 0) is 5.54 Å². The van der Waals surface area contributed by atoms with E-state index in [0.29, 0.717) is 17.3 Å². The van der Waals surface area contributed by atoms with Crippen LogP contribution in [0.3, 0.4) is 0 Å². The highest BCUT2D eigenvalue weighted by Gasteiger charge is 2.46. The van der Waals surface area contributed by atoms with Gasteiger partial charge in [-0.25, -0.2) is 8.78 Å². The molecule has 21 heavy (non-hydrogen) atoms. The summed E-state index contributed by atoms with van der Waals surface area (Å²) in [4.78, 5) is 4.39. The lowest BCUT2D eigenvalue weighted by atomic mass is 9.77. The molecule has 2 unspecified atom stereocenters. The molecule has 2 N–H and O–H groups in total. The molecule has 2 aliphatic rings. The Labute approximate surface area is 120 Å². The largest absolute Gasteiger partial charge is 0.339 e. The number of nitrogens with zero attached hydrogens (tertiary/aromatic N) is 2. The highest BCUT2D eigenvalue weighted by molar-refractivity contribution is 5.32. The van der Waals surface area contributed by atoms with Crippen molar-refractivity contribution in [2.45, 2.75) is 43.1 Å². The van der Waals surface area contributed by atoms with Crippen LogP contribution < -0.4 is 5.73 Å². The molecule has 6 heteroatoms. The summed E-state index contributed by atoms with van der Waals surface area (Å²) in [5.74, 6) is -0.0339. The van der Waals surface area contributed by atoms with E-state index >= 15 is 0 Å². The fourth-order valence-corrected chi connectivity index (χ4v) is 2.98. The molecule has 0 bridgehead atoms. The molecule has 0 spiro atoms. The molecular weight excluding hydrogens is 276 g/mol. The quantitative estimate of drug-likeness (QED) is 0.944. The van der Waals surface area contributed by atoms with Crippen molar-refractivity contribution in [3.63, 3.8) is 0 Å². The van der Waals surface area contributed by atoms with Crippen molar-refractivity contribution in [1.82, 2.24) is 10.1 Å². The summed E-state index contributed by atoms with van der Waals surface area (Å²) in [7, 11) is 0. The summed E-state index contributed by atoms with van der Waals surface area (Å²) in [5.41, 5.74) is 6.21. The Bertz CT molecular complexity index is 696. The van der Waals surface area contributed by atoms with Crippen molar-refractivity contribution < 1.29 is 13.3 Å². The number of aromatic nitrogens is 2. The smallest absolute Gasteiger partial charge is 0.230 e. The highest BCUT2D eigenvalue weighted by Crippen LogP contribution is 2.55. The van der Waals surface area contributed by atoms with Gasteiger partial charge in [-0.05, 0) is 43.2 Å². The van der Waals surface area contributed by atoms with Gasteiger partial charge in [-0.2, -0.15) is 4.98 Å². The minimum absolute atomic E-state index is 0.00916. The maximum Gasteiger partial charge on any atom is 0.230 e. The van der Waals surface area contributed by atoms with Crippen molar-refractivity contribution in [1.29, 1.82) is 0 Å². The van der Waals surface area contributed by atoms with Crippen LogP contribution in [0.25, 0.3) is 0 Å². The van der Waals surface area contributed by atoms with Gasteiger partial charge in [-0.15, -0.1) is 0 Å². The third kappa shape index (κ3) is 2.05. The minimum atomic E-state index is -0.566. The van der Waals surface area contributed by atoms with Gasteiger partial charge in [-0.1, -0.05) is 11.2 Å². The zero-order valence-corrected chi connectivity index (χ0v) is 11.4. The maximum absolute atomic E-state index is 13.8. The van der Waals surface area contributed by atoms with E-state index in [9.17, 15) is 8.78 Å². The van der Waals surface area contributed by atoms with Crippen molar-refractivity contribution in [3.05, 3.63) is 47.1 Å². The monoisotopic (exact) mass is 291 g/mol. The molecule has 4 rings (SSSR count). The fraction of sp³-hybridized carbons (Fsp3) is 0.467. The molecule has 0 aliphatic heterocycles. The Hall–Kier alpha value is -1.82. The van der Waals surface area contributed by atoms with Crippen LogP contribution in [0.2, 0.25) is 0 Å². The van der Waals surface area contributed by atoms with Crippen LogP contribution in [0, 0.1) is 11.6 Å². The van der Waals surface area contributed by atoms with Crippen LogP contribution in [0.5, 0.6) is 0 Å². The van der Waals surface area contributed by atoms with Gasteiger partial charge >= 0.3 is 0 Å². The summed E-state index contributed by atoms with van der Waals surface area (Å²) in [6.07, 6.45) is 3.55.